The molecular weight excluding hydrogens is 389 g/mol. The highest BCUT2D eigenvalue weighted by Crippen LogP contribution is 2.26. The number of allylic oxidation sites excluding steroid dienone is 1. The lowest BCUT2D eigenvalue weighted by molar-refractivity contribution is 0.306. The quantitative estimate of drug-likeness (QED) is 0.464. The first-order valence-electron chi connectivity index (χ1n) is 9.17. The van der Waals surface area contributed by atoms with Crippen molar-refractivity contribution in [2.24, 2.45) is 4.99 Å². The summed E-state index contributed by atoms with van der Waals surface area (Å²) in [5.41, 5.74) is 5.50. The molecule has 4 heteroatoms. The van der Waals surface area contributed by atoms with Gasteiger partial charge in [0.25, 0.3) is 0 Å². The minimum absolute atomic E-state index is 0.406. The van der Waals surface area contributed by atoms with Gasteiger partial charge < -0.3 is 4.74 Å². The molecule has 0 amide bonds. The van der Waals surface area contributed by atoms with Crippen molar-refractivity contribution in [2.45, 2.75) is 13.0 Å². The van der Waals surface area contributed by atoms with Crippen LogP contribution in [-0.2, 0) is 13.0 Å². The number of rotatable bonds is 5. The van der Waals surface area contributed by atoms with Crippen LogP contribution in [0.5, 0.6) is 5.75 Å². The van der Waals surface area contributed by atoms with E-state index < -0.39 is 0 Å². The first-order valence-corrected chi connectivity index (χ1v) is 9.92. The van der Waals surface area contributed by atoms with Gasteiger partial charge in [-0.25, -0.2) is 0 Å². The van der Waals surface area contributed by atoms with Crippen molar-refractivity contribution in [3.05, 3.63) is 105 Å². The molecule has 0 aliphatic carbocycles. The van der Waals surface area contributed by atoms with Crippen LogP contribution in [0.15, 0.2) is 77.8 Å². The van der Waals surface area contributed by atoms with Gasteiger partial charge in [0.1, 0.15) is 12.4 Å². The zero-order valence-corrected chi connectivity index (χ0v) is 16.8. The molecule has 0 radical (unpaired) electrons. The summed E-state index contributed by atoms with van der Waals surface area (Å²) in [5, 5.41) is 1.24. The molecule has 3 aromatic carbocycles. The number of ether oxygens (including phenoxy) is 1. The maximum Gasteiger partial charge on any atom is 0.120 e. The van der Waals surface area contributed by atoms with Gasteiger partial charge in [-0.1, -0.05) is 65.7 Å². The second-order valence-corrected chi connectivity index (χ2v) is 7.45. The summed E-state index contributed by atoms with van der Waals surface area (Å²) in [6.07, 6.45) is 5.10. The molecule has 1 aliphatic heterocycles. The highest BCUT2D eigenvalue weighted by Gasteiger charge is 2.13. The number of nitrogens with zero attached hydrogens (tertiary/aromatic N) is 1. The summed E-state index contributed by atoms with van der Waals surface area (Å²) in [4.78, 5) is 4.69. The fourth-order valence-corrected chi connectivity index (χ4v) is 3.64. The minimum atomic E-state index is 0.406. The van der Waals surface area contributed by atoms with E-state index in [0.717, 1.165) is 41.1 Å². The van der Waals surface area contributed by atoms with Crippen LogP contribution in [0.4, 0.5) is 0 Å². The standard InChI is InChI=1S/C24H19Cl2NO/c25-20-8-7-19(23(26)15-20)16-28-21-9-10-22-18(14-21)12-13-27-24(22)11-6-17-4-2-1-3-5-17/h1-11,14-15H,12-13,16H2. The topological polar surface area (TPSA) is 21.6 Å². The average molecular weight is 408 g/mol. The van der Waals surface area contributed by atoms with Crippen LogP contribution in [-0.4, -0.2) is 12.3 Å². The maximum absolute atomic E-state index is 6.23. The highest BCUT2D eigenvalue weighted by molar-refractivity contribution is 6.35. The second kappa shape index (κ2) is 8.64. The third kappa shape index (κ3) is 4.46. The van der Waals surface area contributed by atoms with Crippen LogP contribution in [0.25, 0.3) is 6.08 Å². The number of hydrogen-bond acceptors (Lipinski definition) is 2. The van der Waals surface area contributed by atoms with Crippen LogP contribution < -0.4 is 4.74 Å². The Bertz CT molecular complexity index is 1040. The molecule has 1 aliphatic rings. The summed E-state index contributed by atoms with van der Waals surface area (Å²) >= 11 is 12.2. The SMILES string of the molecule is Clc1ccc(COc2ccc3c(c2)CCN=C3C=Cc2ccccc2)c(Cl)c1. The van der Waals surface area contributed by atoms with Crippen LogP contribution >= 0.6 is 23.2 Å². The van der Waals surface area contributed by atoms with Gasteiger partial charge in [-0.05, 0) is 54.0 Å². The molecule has 0 atom stereocenters. The van der Waals surface area contributed by atoms with Crippen LogP contribution in [0.1, 0.15) is 22.3 Å². The smallest absolute Gasteiger partial charge is 0.120 e. The lowest BCUT2D eigenvalue weighted by Crippen LogP contribution is -2.11. The number of hydrogen-bond donors (Lipinski definition) is 0. The summed E-state index contributed by atoms with van der Waals surface area (Å²) < 4.78 is 5.96. The van der Waals surface area contributed by atoms with Gasteiger partial charge in [0.15, 0.2) is 0 Å². The molecule has 0 spiro atoms. The van der Waals surface area contributed by atoms with Crippen LogP contribution in [0, 0.1) is 0 Å². The highest BCUT2D eigenvalue weighted by atomic mass is 35.5. The molecule has 0 fully saturated rings. The van der Waals surface area contributed by atoms with Gasteiger partial charge in [0.05, 0.1) is 5.71 Å². The molecule has 0 aromatic heterocycles. The zero-order valence-electron chi connectivity index (χ0n) is 15.2. The Morgan fingerprint density at radius 1 is 0.929 bits per heavy atom. The number of benzene rings is 3. The van der Waals surface area contributed by atoms with Crippen molar-refractivity contribution in [1.82, 2.24) is 0 Å². The van der Waals surface area contributed by atoms with E-state index in [1.165, 1.54) is 5.56 Å². The van der Waals surface area contributed by atoms with E-state index >= 15 is 0 Å². The van der Waals surface area contributed by atoms with E-state index in [4.69, 9.17) is 27.9 Å². The van der Waals surface area contributed by atoms with Crippen molar-refractivity contribution in [3.63, 3.8) is 0 Å². The monoisotopic (exact) mass is 407 g/mol. The van der Waals surface area contributed by atoms with E-state index in [9.17, 15) is 0 Å². The summed E-state index contributed by atoms with van der Waals surface area (Å²) in [6, 6.07) is 21.9. The summed E-state index contributed by atoms with van der Waals surface area (Å²) in [5.74, 6) is 0.832. The number of aliphatic imine (C=N–C) groups is 1. The van der Waals surface area contributed by atoms with E-state index in [1.54, 1.807) is 6.07 Å². The van der Waals surface area contributed by atoms with Crippen LogP contribution in [0.2, 0.25) is 10.0 Å². The Morgan fingerprint density at radius 2 is 1.79 bits per heavy atom. The Balaban J connectivity index is 1.49. The predicted molar refractivity (Wildman–Crippen MR) is 118 cm³/mol. The predicted octanol–water partition coefficient (Wildman–Crippen LogP) is 6.63. The van der Waals surface area contributed by atoms with Crippen LogP contribution in [0.3, 0.4) is 0 Å². The zero-order chi connectivity index (χ0) is 19.3. The molecule has 4 rings (SSSR count). The summed E-state index contributed by atoms with van der Waals surface area (Å²) in [7, 11) is 0. The van der Waals surface area contributed by atoms with Crippen molar-refractivity contribution >= 4 is 35.0 Å². The van der Waals surface area contributed by atoms with Crippen molar-refractivity contribution < 1.29 is 4.74 Å². The number of halogens is 2. The molecular formula is C24H19Cl2NO. The molecule has 0 unspecified atom stereocenters. The molecule has 1 heterocycles. The van der Waals surface area contributed by atoms with E-state index in [1.807, 2.05) is 36.4 Å². The molecule has 0 saturated heterocycles. The third-order valence-corrected chi connectivity index (χ3v) is 5.25. The Morgan fingerprint density at radius 3 is 2.61 bits per heavy atom. The third-order valence-electron chi connectivity index (χ3n) is 4.66. The molecule has 2 nitrogen and oxygen atoms in total. The van der Waals surface area contributed by atoms with Gasteiger partial charge in [-0.15, -0.1) is 0 Å². The fourth-order valence-electron chi connectivity index (χ4n) is 3.18. The fraction of sp³-hybridized carbons (Fsp3) is 0.125. The molecule has 0 saturated carbocycles. The van der Waals surface area contributed by atoms with Gasteiger partial charge >= 0.3 is 0 Å². The first kappa shape index (κ1) is 18.8. The second-order valence-electron chi connectivity index (χ2n) is 6.60. The number of fused-ring (bicyclic) bond motifs is 1. The van der Waals surface area contributed by atoms with Gasteiger partial charge in [0.2, 0.25) is 0 Å². The lowest BCUT2D eigenvalue weighted by atomic mass is 9.96. The average Bonchev–Trinajstić information content (AvgIpc) is 2.72. The lowest BCUT2D eigenvalue weighted by Gasteiger charge is -2.17. The van der Waals surface area contributed by atoms with E-state index in [0.29, 0.717) is 16.7 Å². The summed E-state index contributed by atoms with van der Waals surface area (Å²) in [6.45, 7) is 1.19. The molecule has 140 valence electrons. The van der Waals surface area contributed by atoms with Crippen molar-refractivity contribution in [3.8, 4) is 5.75 Å². The largest absolute Gasteiger partial charge is 0.489 e. The molecule has 3 aromatic rings. The Labute approximate surface area is 175 Å². The van der Waals surface area contributed by atoms with E-state index in [-0.39, 0.29) is 0 Å². The van der Waals surface area contributed by atoms with Gasteiger partial charge in [0, 0.05) is 27.7 Å². The Hall–Kier alpha value is -2.55. The first-order chi connectivity index (χ1) is 13.7. The van der Waals surface area contributed by atoms with Crippen molar-refractivity contribution in [2.75, 3.05) is 6.54 Å². The molecule has 0 N–H and O–H groups in total. The molecule has 28 heavy (non-hydrogen) atoms. The maximum atomic E-state index is 6.23. The van der Waals surface area contributed by atoms with Gasteiger partial charge in [-0.2, -0.15) is 0 Å². The van der Waals surface area contributed by atoms with E-state index in [2.05, 4.69) is 41.4 Å². The minimum Gasteiger partial charge on any atom is -0.489 e. The Kier molecular flexibility index (Phi) is 5.80. The molecule has 0 bridgehead atoms. The van der Waals surface area contributed by atoms with Gasteiger partial charge in [-0.3, -0.25) is 4.99 Å². The normalized spacial score (nSPS) is 13.3. The van der Waals surface area contributed by atoms with Crippen molar-refractivity contribution in [1.29, 1.82) is 0 Å².